The van der Waals surface area contributed by atoms with E-state index in [1.165, 1.54) is 0 Å². The lowest BCUT2D eigenvalue weighted by Crippen LogP contribution is -2.09. The lowest BCUT2D eigenvalue weighted by atomic mass is 10.1. The summed E-state index contributed by atoms with van der Waals surface area (Å²) >= 11 is 0. The average Bonchev–Trinajstić information content (AvgIpc) is 2.95. The van der Waals surface area contributed by atoms with Gasteiger partial charge in [0, 0.05) is 23.7 Å². The molecule has 0 saturated heterocycles. The monoisotopic (exact) mass is 347 g/mol. The molecule has 3 aromatic rings. The largest absolute Gasteiger partial charge is 0.494 e. The minimum absolute atomic E-state index is 0.546. The average molecular weight is 347 g/mol. The Hall–Kier alpha value is -3.46. The minimum Gasteiger partial charge on any atom is -0.494 e. The van der Waals surface area contributed by atoms with Crippen LogP contribution in [0.15, 0.2) is 42.5 Å². The van der Waals surface area contributed by atoms with Crippen molar-refractivity contribution in [1.29, 1.82) is 5.26 Å². The number of anilines is 1. The predicted octanol–water partition coefficient (Wildman–Crippen LogP) is 4.41. The van der Waals surface area contributed by atoms with Gasteiger partial charge in [-0.15, -0.1) is 0 Å². The van der Waals surface area contributed by atoms with Crippen LogP contribution in [0.2, 0.25) is 0 Å². The van der Waals surface area contributed by atoms with E-state index in [9.17, 15) is 10.1 Å². The van der Waals surface area contributed by atoms with Gasteiger partial charge >= 0.3 is 6.03 Å². The van der Waals surface area contributed by atoms with Crippen molar-refractivity contribution in [3.63, 3.8) is 0 Å². The molecule has 1 aromatic heterocycles. The number of urea groups is 1. The maximum absolute atomic E-state index is 10.9. The SMILES string of the molecule is CCOc1ccc2c(C#N)c(-c3ccc(NC([NH])=O)cc3)n(CC)c2c1. The second-order valence-corrected chi connectivity index (χ2v) is 5.72. The number of aryl methyl sites for hydroxylation is 1. The molecule has 0 spiro atoms. The molecule has 0 saturated carbocycles. The zero-order chi connectivity index (χ0) is 18.7. The van der Waals surface area contributed by atoms with E-state index in [-0.39, 0.29) is 0 Å². The van der Waals surface area contributed by atoms with Crippen LogP contribution < -0.4 is 15.8 Å². The standard InChI is InChI=1S/C20H19N4O2/c1-3-24-18-11-15(26-4-2)9-10-16(18)17(12-21)19(24)13-5-7-14(8-6-13)23-20(22)25/h5-11,22H,3-4H2,1-2H3,(H,23,25). The molecule has 0 bridgehead atoms. The first-order valence-electron chi connectivity index (χ1n) is 8.41. The van der Waals surface area contributed by atoms with Crippen molar-refractivity contribution < 1.29 is 9.53 Å². The van der Waals surface area contributed by atoms with E-state index < -0.39 is 6.03 Å². The lowest BCUT2D eigenvalue weighted by molar-refractivity contribution is 0.258. The van der Waals surface area contributed by atoms with Gasteiger partial charge < -0.3 is 14.6 Å². The molecular weight excluding hydrogens is 328 g/mol. The summed E-state index contributed by atoms with van der Waals surface area (Å²) in [6.07, 6.45) is 0. The zero-order valence-corrected chi connectivity index (χ0v) is 14.7. The van der Waals surface area contributed by atoms with Gasteiger partial charge in [-0.2, -0.15) is 5.26 Å². The molecule has 131 valence electrons. The molecule has 2 N–H and O–H groups in total. The predicted molar refractivity (Wildman–Crippen MR) is 101 cm³/mol. The van der Waals surface area contributed by atoms with Crippen molar-refractivity contribution in [3.05, 3.63) is 48.0 Å². The second kappa shape index (κ2) is 7.19. The number of aromatic nitrogens is 1. The molecule has 6 nitrogen and oxygen atoms in total. The first-order chi connectivity index (χ1) is 12.6. The molecule has 1 heterocycles. The summed E-state index contributed by atoms with van der Waals surface area (Å²) in [5, 5.41) is 13.1. The van der Waals surface area contributed by atoms with Crippen LogP contribution in [0, 0.1) is 11.3 Å². The van der Waals surface area contributed by atoms with Gasteiger partial charge in [-0.25, -0.2) is 10.5 Å². The fourth-order valence-electron chi connectivity index (χ4n) is 3.17. The van der Waals surface area contributed by atoms with Crippen LogP contribution >= 0.6 is 0 Å². The first-order valence-corrected chi connectivity index (χ1v) is 8.41. The van der Waals surface area contributed by atoms with Gasteiger partial charge in [0.15, 0.2) is 0 Å². The first kappa shape index (κ1) is 17.4. The number of hydrogen-bond acceptors (Lipinski definition) is 3. The number of amides is 2. The third-order valence-corrected chi connectivity index (χ3v) is 4.19. The number of benzene rings is 2. The number of nitrogens with one attached hydrogen (secondary N) is 2. The van der Waals surface area contributed by atoms with Gasteiger partial charge in [0.25, 0.3) is 0 Å². The summed E-state index contributed by atoms with van der Waals surface area (Å²) in [7, 11) is 0. The number of nitrogens with zero attached hydrogens (tertiary/aromatic N) is 2. The van der Waals surface area contributed by atoms with E-state index in [0.29, 0.717) is 24.4 Å². The van der Waals surface area contributed by atoms with E-state index in [0.717, 1.165) is 27.9 Å². The van der Waals surface area contributed by atoms with Crippen molar-refractivity contribution in [1.82, 2.24) is 10.3 Å². The molecular formula is C20H19N4O2. The Bertz CT molecular complexity index is 997. The van der Waals surface area contributed by atoms with Crippen LogP contribution in [0.25, 0.3) is 22.2 Å². The van der Waals surface area contributed by atoms with E-state index in [2.05, 4.69) is 16.0 Å². The summed E-state index contributed by atoms with van der Waals surface area (Å²) in [6, 6.07) is 14.4. The maximum Gasteiger partial charge on any atom is 0.337 e. The lowest BCUT2D eigenvalue weighted by Gasteiger charge is -2.10. The smallest absolute Gasteiger partial charge is 0.337 e. The second-order valence-electron chi connectivity index (χ2n) is 5.72. The Morgan fingerprint density at radius 1 is 1.23 bits per heavy atom. The van der Waals surface area contributed by atoms with Crippen molar-refractivity contribution >= 4 is 22.6 Å². The van der Waals surface area contributed by atoms with Gasteiger partial charge in [0.1, 0.15) is 11.8 Å². The van der Waals surface area contributed by atoms with Crippen molar-refractivity contribution in [2.75, 3.05) is 11.9 Å². The quantitative estimate of drug-likeness (QED) is 0.741. The normalized spacial score (nSPS) is 10.5. The summed E-state index contributed by atoms with van der Waals surface area (Å²) in [4.78, 5) is 10.9. The number of fused-ring (bicyclic) bond motifs is 1. The molecule has 26 heavy (non-hydrogen) atoms. The van der Waals surface area contributed by atoms with Gasteiger partial charge in [-0.05, 0) is 43.7 Å². The maximum atomic E-state index is 10.9. The number of carbonyl (C=O) groups excluding carboxylic acids is 1. The molecule has 0 aliphatic heterocycles. The Morgan fingerprint density at radius 3 is 2.54 bits per heavy atom. The van der Waals surface area contributed by atoms with Crippen molar-refractivity contribution in [2.45, 2.75) is 20.4 Å². The van der Waals surface area contributed by atoms with Crippen molar-refractivity contribution in [3.8, 4) is 23.1 Å². The van der Waals surface area contributed by atoms with E-state index in [4.69, 9.17) is 10.5 Å². The van der Waals surface area contributed by atoms with Crippen LogP contribution in [-0.4, -0.2) is 17.2 Å². The highest BCUT2D eigenvalue weighted by atomic mass is 16.5. The number of nitriles is 1. The van der Waals surface area contributed by atoms with Crippen LogP contribution in [0.4, 0.5) is 10.5 Å². The van der Waals surface area contributed by atoms with E-state index >= 15 is 0 Å². The molecule has 0 fully saturated rings. The molecule has 0 aliphatic carbocycles. The van der Waals surface area contributed by atoms with E-state index in [1.807, 2.05) is 44.2 Å². The van der Waals surface area contributed by atoms with Gasteiger partial charge in [0.05, 0.1) is 23.4 Å². The number of hydrogen-bond donors (Lipinski definition) is 1. The Balaban J connectivity index is 2.18. The van der Waals surface area contributed by atoms with Crippen LogP contribution in [0.1, 0.15) is 19.4 Å². The molecule has 0 aliphatic rings. The number of ether oxygens (including phenoxy) is 1. The number of rotatable bonds is 5. The summed E-state index contributed by atoms with van der Waals surface area (Å²) in [5.41, 5.74) is 10.8. The molecule has 0 atom stereocenters. The topological polar surface area (TPSA) is 90.8 Å². The Kier molecular flexibility index (Phi) is 4.81. The molecule has 1 radical (unpaired) electrons. The third kappa shape index (κ3) is 3.07. The van der Waals surface area contributed by atoms with E-state index in [1.54, 1.807) is 12.1 Å². The summed E-state index contributed by atoms with van der Waals surface area (Å²) < 4.78 is 7.69. The number of carbonyl (C=O) groups is 1. The minimum atomic E-state index is -0.860. The van der Waals surface area contributed by atoms with Crippen molar-refractivity contribution in [2.24, 2.45) is 0 Å². The molecule has 3 rings (SSSR count). The highest BCUT2D eigenvalue weighted by molar-refractivity contribution is 5.95. The summed E-state index contributed by atoms with van der Waals surface area (Å²) in [6.45, 7) is 5.26. The van der Waals surface area contributed by atoms with Gasteiger partial charge in [-0.3, -0.25) is 0 Å². The van der Waals surface area contributed by atoms with Crippen LogP contribution in [0.3, 0.4) is 0 Å². The highest BCUT2D eigenvalue weighted by Gasteiger charge is 2.18. The Morgan fingerprint density at radius 2 is 1.96 bits per heavy atom. The molecule has 2 amide bonds. The molecule has 6 heteroatoms. The zero-order valence-electron chi connectivity index (χ0n) is 14.7. The van der Waals surface area contributed by atoms with Gasteiger partial charge in [0.2, 0.25) is 0 Å². The molecule has 2 aromatic carbocycles. The fourth-order valence-corrected chi connectivity index (χ4v) is 3.17. The van der Waals surface area contributed by atoms with Crippen LogP contribution in [-0.2, 0) is 6.54 Å². The van der Waals surface area contributed by atoms with Gasteiger partial charge in [-0.1, -0.05) is 12.1 Å². The highest BCUT2D eigenvalue weighted by Crippen LogP contribution is 2.35. The van der Waals surface area contributed by atoms with Crippen LogP contribution in [0.5, 0.6) is 5.75 Å². The third-order valence-electron chi connectivity index (χ3n) is 4.19. The Labute approximate surface area is 151 Å². The molecule has 0 unspecified atom stereocenters. The fraction of sp³-hybridized carbons (Fsp3) is 0.200. The summed E-state index contributed by atoms with van der Waals surface area (Å²) in [5.74, 6) is 0.775.